The lowest BCUT2D eigenvalue weighted by molar-refractivity contribution is 0.247. The maximum atomic E-state index is 5.80. The van der Waals surface area contributed by atoms with Crippen molar-refractivity contribution in [3.63, 3.8) is 0 Å². The summed E-state index contributed by atoms with van der Waals surface area (Å²) in [7, 11) is 0. The third-order valence-electron chi connectivity index (χ3n) is 3.91. The van der Waals surface area contributed by atoms with Crippen molar-refractivity contribution >= 4 is 11.9 Å². The van der Waals surface area contributed by atoms with E-state index >= 15 is 0 Å². The lowest BCUT2D eigenvalue weighted by Gasteiger charge is -2.34. The first-order chi connectivity index (χ1) is 10.3. The summed E-state index contributed by atoms with van der Waals surface area (Å²) in [5.41, 5.74) is 5.80. The molecule has 1 aliphatic heterocycles. The van der Waals surface area contributed by atoms with Crippen molar-refractivity contribution in [1.82, 2.24) is 34.6 Å². The molecule has 0 radical (unpaired) electrons. The molecule has 2 fully saturated rings. The summed E-state index contributed by atoms with van der Waals surface area (Å²) >= 11 is 0. The highest BCUT2D eigenvalue weighted by atomic mass is 15.4. The predicted molar refractivity (Wildman–Crippen MR) is 76.0 cm³/mol. The van der Waals surface area contributed by atoms with Gasteiger partial charge in [0.2, 0.25) is 11.9 Å². The Morgan fingerprint density at radius 3 is 2.43 bits per heavy atom. The first-order valence-electron chi connectivity index (χ1n) is 7.15. The summed E-state index contributed by atoms with van der Waals surface area (Å²) in [4.78, 5) is 21.4. The highest BCUT2D eigenvalue weighted by Crippen LogP contribution is 2.28. The quantitative estimate of drug-likeness (QED) is 0.792. The van der Waals surface area contributed by atoms with Crippen molar-refractivity contribution in [3.05, 3.63) is 12.7 Å². The van der Waals surface area contributed by atoms with Gasteiger partial charge in [-0.3, -0.25) is 4.90 Å². The van der Waals surface area contributed by atoms with E-state index in [9.17, 15) is 0 Å². The smallest absolute Gasteiger partial charge is 0.258 e. The van der Waals surface area contributed by atoms with E-state index in [0.717, 1.165) is 32.2 Å². The minimum absolute atomic E-state index is 0.204. The molecule has 1 saturated carbocycles. The molecule has 9 heteroatoms. The van der Waals surface area contributed by atoms with E-state index in [0.29, 0.717) is 11.9 Å². The van der Waals surface area contributed by atoms with Crippen molar-refractivity contribution < 1.29 is 0 Å². The van der Waals surface area contributed by atoms with Gasteiger partial charge in [0.25, 0.3) is 5.95 Å². The number of hydrogen-bond donors (Lipinski definition) is 1. The first-order valence-corrected chi connectivity index (χ1v) is 7.15. The Balaban J connectivity index is 1.54. The highest BCUT2D eigenvalue weighted by molar-refractivity contribution is 5.38. The molecule has 0 atom stereocenters. The van der Waals surface area contributed by atoms with E-state index in [4.69, 9.17) is 5.73 Å². The second-order valence-corrected chi connectivity index (χ2v) is 5.39. The Kier molecular flexibility index (Phi) is 2.92. The van der Waals surface area contributed by atoms with Crippen LogP contribution in [0.25, 0.3) is 5.95 Å². The molecule has 110 valence electrons. The number of piperazine rings is 1. The van der Waals surface area contributed by atoms with Gasteiger partial charge in [0.1, 0.15) is 12.7 Å². The normalized spacial score (nSPS) is 19.9. The average Bonchev–Trinajstić information content (AvgIpc) is 3.21. The second-order valence-electron chi connectivity index (χ2n) is 5.39. The van der Waals surface area contributed by atoms with E-state index in [-0.39, 0.29) is 5.95 Å². The SMILES string of the molecule is Nc1nc(N2CCN(C3CC3)CC2)nc(-n2cncn2)n1. The maximum absolute atomic E-state index is 5.80. The second kappa shape index (κ2) is 4.92. The fourth-order valence-corrected chi connectivity index (χ4v) is 2.65. The van der Waals surface area contributed by atoms with Crippen LogP contribution in [0.5, 0.6) is 0 Å². The van der Waals surface area contributed by atoms with Gasteiger partial charge in [0.05, 0.1) is 0 Å². The van der Waals surface area contributed by atoms with E-state index < -0.39 is 0 Å². The van der Waals surface area contributed by atoms with Gasteiger partial charge in [-0.2, -0.15) is 24.7 Å². The summed E-state index contributed by atoms with van der Waals surface area (Å²) < 4.78 is 1.49. The molecule has 0 bridgehead atoms. The Morgan fingerprint density at radius 1 is 1.00 bits per heavy atom. The van der Waals surface area contributed by atoms with Crippen LogP contribution in [-0.2, 0) is 0 Å². The minimum atomic E-state index is 0.204. The van der Waals surface area contributed by atoms with Gasteiger partial charge in [-0.25, -0.2) is 4.98 Å². The van der Waals surface area contributed by atoms with E-state index in [1.54, 1.807) is 6.33 Å². The van der Waals surface area contributed by atoms with Gasteiger partial charge in [0.15, 0.2) is 0 Å². The number of aromatic nitrogens is 6. The van der Waals surface area contributed by atoms with Gasteiger partial charge in [0, 0.05) is 32.2 Å². The molecule has 21 heavy (non-hydrogen) atoms. The molecule has 0 unspecified atom stereocenters. The Morgan fingerprint density at radius 2 is 1.76 bits per heavy atom. The first kappa shape index (κ1) is 12.5. The largest absolute Gasteiger partial charge is 0.368 e. The van der Waals surface area contributed by atoms with Gasteiger partial charge < -0.3 is 10.6 Å². The Labute approximate surface area is 121 Å². The molecule has 9 nitrogen and oxygen atoms in total. The summed E-state index contributed by atoms with van der Waals surface area (Å²) in [5, 5.41) is 4.03. The number of nitrogens with two attached hydrogens (primary N) is 1. The lowest BCUT2D eigenvalue weighted by Crippen LogP contribution is -2.47. The number of anilines is 2. The van der Waals surface area contributed by atoms with Gasteiger partial charge in [-0.05, 0) is 12.8 Å². The number of hydrogen-bond acceptors (Lipinski definition) is 8. The topological polar surface area (TPSA) is 102 Å². The van der Waals surface area contributed by atoms with Gasteiger partial charge in [-0.1, -0.05) is 0 Å². The Bertz CT molecular complexity index is 614. The predicted octanol–water partition coefficient (Wildman–Crippen LogP) is -0.681. The molecule has 0 spiro atoms. The molecule has 2 aromatic heterocycles. The summed E-state index contributed by atoms with van der Waals surface area (Å²) in [5.74, 6) is 1.22. The highest BCUT2D eigenvalue weighted by Gasteiger charge is 2.31. The standard InChI is InChI=1S/C12H17N9/c13-10-16-11(18-12(17-10)21-8-14-7-15-21)20-5-3-19(4-6-20)9-1-2-9/h7-9H,1-6H2,(H2,13,16,17,18). The van der Waals surface area contributed by atoms with Gasteiger partial charge >= 0.3 is 0 Å². The zero-order valence-corrected chi connectivity index (χ0v) is 11.6. The summed E-state index contributed by atoms with van der Waals surface area (Å²) in [6, 6.07) is 0.807. The molecule has 1 saturated heterocycles. The Hall–Kier alpha value is -2.29. The third-order valence-corrected chi connectivity index (χ3v) is 3.91. The molecule has 2 aromatic rings. The van der Waals surface area contributed by atoms with Crippen molar-refractivity contribution in [1.29, 1.82) is 0 Å². The molecule has 3 heterocycles. The van der Waals surface area contributed by atoms with Crippen LogP contribution >= 0.6 is 0 Å². The van der Waals surface area contributed by atoms with Crippen LogP contribution in [0.1, 0.15) is 12.8 Å². The lowest BCUT2D eigenvalue weighted by atomic mass is 10.3. The van der Waals surface area contributed by atoms with Crippen molar-refractivity contribution in [2.75, 3.05) is 36.8 Å². The molecular weight excluding hydrogens is 270 g/mol. The summed E-state index contributed by atoms with van der Waals surface area (Å²) in [6.07, 6.45) is 5.67. The molecule has 4 rings (SSSR count). The fourth-order valence-electron chi connectivity index (χ4n) is 2.65. The summed E-state index contributed by atoms with van der Waals surface area (Å²) in [6.45, 7) is 3.93. The van der Waals surface area contributed by atoms with Crippen LogP contribution in [0.15, 0.2) is 12.7 Å². The van der Waals surface area contributed by atoms with Gasteiger partial charge in [-0.15, -0.1) is 0 Å². The molecule has 0 aromatic carbocycles. The maximum Gasteiger partial charge on any atom is 0.258 e. The fraction of sp³-hybridized carbons (Fsp3) is 0.583. The zero-order valence-electron chi connectivity index (χ0n) is 11.6. The number of nitrogens with zero attached hydrogens (tertiary/aromatic N) is 8. The molecule has 2 N–H and O–H groups in total. The molecule has 2 aliphatic rings. The van der Waals surface area contributed by atoms with Crippen molar-refractivity contribution in [3.8, 4) is 5.95 Å². The number of rotatable bonds is 3. The molecule has 1 aliphatic carbocycles. The van der Waals surface area contributed by atoms with E-state index in [1.165, 1.54) is 23.9 Å². The van der Waals surface area contributed by atoms with Crippen LogP contribution in [0, 0.1) is 0 Å². The van der Waals surface area contributed by atoms with E-state index in [1.807, 2.05) is 0 Å². The van der Waals surface area contributed by atoms with Crippen molar-refractivity contribution in [2.45, 2.75) is 18.9 Å². The minimum Gasteiger partial charge on any atom is -0.368 e. The monoisotopic (exact) mass is 287 g/mol. The molecule has 0 amide bonds. The molecular formula is C12H17N9. The van der Waals surface area contributed by atoms with Crippen LogP contribution in [-0.4, -0.2) is 66.8 Å². The average molecular weight is 287 g/mol. The third kappa shape index (κ3) is 2.51. The van der Waals surface area contributed by atoms with Crippen LogP contribution in [0.3, 0.4) is 0 Å². The van der Waals surface area contributed by atoms with E-state index in [2.05, 4.69) is 34.8 Å². The zero-order chi connectivity index (χ0) is 14.2. The van der Waals surface area contributed by atoms with Crippen LogP contribution < -0.4 is 10.6 Å². The van der Waals surface area contributed by atoms with Crippen molar-refractivity contribution in [2.24, 2.45) is 0 Å². The van der Waals surface area contributed by atoms with Crippen LogP contribution in [0.2, 0.25) is 0 Å². The number of nitrogen functional groups attached to an aromatic ring is 1. The van der Waals surface area contributed by atoms with Crippen LogP contribution in [0.4, 0.5) is 11.9 Å².